The second kappa shape index (κ2) is 4.48. The first-order valence-electron chi connectivity index (χ1n) is 5.04. The maximum atomic E-state index is 5.69. The highest BCUT2D eigenvalue weighted by atomic mass is 14.9. The van der Waals surface area contributed by atoms with E-state index in [0.717, 1.165) is 18.2 Å². The maximum Gasteiger partial charge on any atom is 0.0937 e. The molecule has 0 amide bonds. The summed E-state index contributed by atoms with van der Waals surface area (Å²) >= 11 is 0. The monoisotopic (exact) mass is 168 g/mol. The Kier molecular flexibility index (Phi) is 3.57. The molecule has 0 radical (unpaired) electrons. The normalized spacial score (nSPS) is 32.0. The zero-order valence-corrected chi connectivity index (χ0v) is 8.21. The quantitative estimate of drug-likeness (QED) is 0.499. The van der Waals surface area contributed by atoms with Gasteiger partial charge in [0, 0.05) is 6.42 Å². The van der Waals surface area contributed by atoms with Crippen molar-refractivity contribution in [3.8, 4) is 0 Å². The van der Waals surface area contributed by atoms with E-state index in [1.54, 1.807) is 0 Å². The maximum absolute atomic E-state index is 5.69. The van der Waals surface area contributed by atoms with Crippen LogP contribution in [0.5, 0.6) is 0 Å². The second-order valence-corrected chi connectivity index (χ2v) is 3.89. The van der Waals surface area contributed by atoms with Gasteiger partial charge >= 0.3 is 0 Å². The topological polar surface area (TPSA) is 38.4 Å². The Morgan fingerprint density at radius 3 is 2.42 bits per heavy atom. The van der Waals surface area contributed by atoms with Crippen molar-refractivity contribution in [2.24, 2.45) is 16.6 Å². The van der Waals surface area contributed by atoms with E-state index in [4.69, 9.17) is 5.73 Å². The predicted molar refractivity (Wildman–Crippen MR) is 53.3 cm³/mol. The number of rotatable bonds is 2. The first-order valence-corrected chi connectivity index (χ1v) is 5.04. The summed E-state index contributed by atoms with van der Waals surface area (Å²) in [4.78, 5) is 4.48. The molecule has 2 heteroatoms. The smallest absolute Gasteiger partial charge is 0.0937 e. The molecule has 70 valence electrons. The van der Waals surface area contributed by atoms with Gasteiger partial charge in [0.2, 0.25) is 0 Å². The van der Waals surface area contributed by atoms with Gasteiger partial charge in [-0.1, -0.05) is 13.8 Å². The van der Waals surface area contributed by atoms with E-state index in [0.29, 0.717) is 6.04 Å². The lowest BCUT2D eigenvalue weighted by Crippen LogP contribution is -2.20. The van der Waals surface area contributed by atoms with Gasteiger partial charge in [-0.25, -0.2) is 0 Å². The molecule has 2 N–H and O–H groups in total. The van der Waals surface area contributed by atoms with Gasteiger partial charge < -0.3 is 5.73 Å². The first-order chi connectivity index (χ1) is 5.72. The van der Waals surface area contributed by atoms with Gasteiger partial charge in [-0.15, -0.1) is 0 Å². The highest BCUT2D eigenvalue weighted by Crippen LogP contribution is 2.25. The van der Waals surface area contributed by atoms with Crippen LogP contribution in [0.2, 0.25) is 0 Å². The van der Waals surface area contributed by atoms with E-state index in [9.17, 15) is 0 Å². The molecule has 1 saturated carbocycles. The molecule has 2 nitrogen and oxygen atoms in total. The third-order valence-electron chi connectivity index (χ3n) is 2.70. The van der Waals surface area contributed by atoms with Crippen LogP contribution in [0.1, 0.15) is 46.0 Å². The van der Waals surface area contributed by atoms with Crippen LogP contribution in [-0.4, -0.2) is 11.9 Å². The Balaban J connectivity index is 2.35. The average Bonchev–Trinajstić information content (AvgIpc) is 2.09. The fourth-order valence-electron chi connectivity index (χ4n) is 1.70. The summed E-state index contributed by atoms with van der Waals surface area (Å²) in [6.07, 6.45) is 6.02. The molecule has 0 bridgehead atoms. The molecule has 0 saturated heterocycles. The van der Waals surface area contributed by atoms with E-state index in [-0.39, 0.29) is 0 Å². The van der Waals surface area contributed by atoms with Gasteiger partial charge in [-0.05, 0) is 31.6 Å². The highest BCUT2D eigenvalue weighted by molar-refractivity contribution is 5.80. The Labute approximate surface area is 75.3 Å². The van der Waals surface area contributed by atoms with E-state index in [2.05, 4.69) is 18.8 Å². The van der Waals surface area contributed by atoms with Crippen molar-refractivity contribution in [2.45, 2.75) is 52.0 Å². The number of nitrogens with zero attached hydrogens (tertiary/aromatic N) is 1. The molecule has 1 aliphatic carbocycles. The van der Waals surface area contributed by atoms with Crippen molar-refractivity contribution in [2.75, 3.05) is 0 Å². The molecular weight excluding hydrogens is 148 g/mol. The summed E-state index contributed by atoms with van der Waals surface area (Å²) in [7, 11) is 0. The molecule has 0 aliphatic heterocycles. The lowest BCUT2D eigenvalue weighted by atomic mass is 9.88. The number of hydrogen-bond donors (Lipinski definition) is 1. The van der Waals surface area contributed by atoms with Gasteiger partial charge in [0.05, 0.1) is 11.9 Å². The lowest BCUT2D eigenvalue weighted by Gasteiger charge is -2.23. The van der Waals surface area contributed by atoms with Gasteiger partial charge in [-0.2, -0.15) is 0 Å². The van der Waals surface area contributed by atoms with Crippen LogP contribution in [0.25, 0.3) is 0 Å². The van der Waals surface area contributed by atoms with Crippen LogP contribution in [0.15, 0.2) is 4.99 Å². The van der Waals surface area contributed by atoms with Crippen LogP contribution >= 0.6 is 0 Å². The molecule has 0 spiro atoms. The van der Waals surface area contributed by atoms with Crippen molar-refractivity contribution < 1.29 is 0 Å². The van der Waals surface area contributed by atoms with Crippen molar-refractivity contribution in [1.82, 2.24) is 0 Å². The third-order valence-corrected chi connectivity index (χ3v) is 2.70. The summed E-state index contributed by atoms with van der Waals surface area (Å²) < 4.78 is 0. The Morgan fingerprint density at radius 2 is 1.92 bits per heavy atom. The minimum absolute atomic E-state index is 0.529. The van der Waals surface area contributed by atoms with E-state index < -0.39 is 0 Å². The minimum atomic E-state index is 0.529. The molecule has 0 unspecified atom stereocenters. The van der Waals surface area contributed by atoms with Crippen molar-refractivity contribution in [3.05, 3.63) is 0 Å². The van der Waals surface area contributed by atoms with Crippen LogP contribution in [0, 0.1) is 5.92 Å². The van der Waals surface area contributed by atoms with Crippen LogP contribution in [-0.2, 0) is 0 Å². The highest BCUT2D eigenvalue weighted by Gasteiger charge is 2.16. The molecular formula is C10H20N2. The van der Waals surface area contributed by atoms with Gasteiger partial charge in [0.25, 0.3) is 0 Å². The first kappa shape index (κ1) is 9.56. The third kappa shape index (κ3) is 2.84. The molecule has 0 aromatic heterocycles. The average molecular weight is 168 g/mol. The summed E-state index contributed by atoms with van der Waals surface area (Å²) in [5.74, 6) is 1.73. The molecule has 12 heavy (non-hydrogen) atoms. The van der Waals surface area contributed by atoms with Crippen molar-refractivity contribution in [3.63, 3.8) is 0 Å². The summed E-state index contributed by atoms with van der Waals surface area (Å²) in [6, 6.07) is 0.529. The van der Waals surface area contributed by atoms with Crippen LogP contribution in [0.4, 0.5) is 0 Å². The number of aliphatic imine (C=N–C) groups is 1. The predicted octanol–water partition coefficient (Wildman–Crippen LogP) is 2.33. The van der Waals surface area contributed by atoms with Crippen LogP contribution in [0.3, 0.4) is 0 Å². The molecule has 0 aromatic rings. The van der Waals surface area contributed by atoms with Crippen LogP contribution < -0.4 is 5.73 Å². The lowest BCUT2D eigenvalue weighted by molar-refractivity contribution is 0.349. The van der Waals surface area contributed by atoms with E-state index >= 15 is 0 Å². The molecule has 0 heterocycles. The molecule has 1 aliphatic rings. The molecule has 0 atom stereocenters. The van der Waals surface area contributed by atoms with Crippen molar-refractivity contribution in [1.29, 1.82) is 0 Å². The van der Waals surface area contributed by atoms with Crippen molar-refractivity contribution >= 4 is 5.84 Å². The molecule has 1 rings (SSSR count). The van der Waals surface area contributed by atoms with Gasteiger partial charge in [0.1, 0.15) is 0 Å². The second-order valence-electron chi connectivity index (χ2n) is 3.89. The minimum Gasteiger partial charge on any atom is -0.387 e. The Morgan fingerprint density at radius 1 is 1.33 bits per heavy atom. The summed E-state index contributed by atoms with van der Waals surface area (Å²) in [6.45, 7) is 4.38. The van der Waals surface area contributed by atoms with E-state index in [1.165, 1.54) is 25.7 Å². The number of amidine groups is 1. The Bertz CT molecular complexity index is 155. The zero-order valence-electron chi connectivity index (χ0n) is 8.21. The standard InChI is InChI=1S/C10H20N2/c1-3-10(11)12-9-6-4-8(2)5-7-9/h8-9H,3-7H2,1-2H3,(H2,11,12). The fourth-order valence-corrected chi connectivity index (χ4v) is 1.70. The van der Waals surface area contributed by atoms with Gasteiger partial charge in [-0.3, -0.25) is 4.99 Å². The van der Waals surface area contributed by atoms with Gasteiger partial charge in [0.15, 0.2) is 0 Å². The number of hydrogen-bond acceptors (Lipinski definition) is 1. The SMILES string of the molecule is CCC(N)=NC1CCC(C)CC1. The fraction of sp³-hybridized carbons (Fsp3) is 0.900. The molecule has 0 aromatic carbocycles. The molecule has 1 fully saturated rings. The van der Waals surface area contributed by atoms with E-state index in [1.807, 2.05) is 0 Å². The summed E-state index contributed by atoms with van der Waals surface area (Å²) in [5, 5.41) is 0. The Hall–Kier alpha value is -0.530. The number of nitrogens with two attached hydrogens (primary N) is 1. The largest absolute Gasteiger partial charge is 0.387 e. The summed E-state index contributed by atoms with van der Waals surface area (Å²) in [5.41, 5.74) is 5.69. The zero-order chi connectivity index (χ0) is 8.97.